The molecule has 0 aliphatic rings. The van der Waals surface area contributed by atoms with Gasteiger partial charge in [0.25, 0.3) is 0 Å². The second-order valence-corrected chi connectivity index (χ2v) is 6.47. The van der Waals surface area contributed by atoms with Gasteiger partial charge in [-0.2, -0.15) is 0 Å². The van der Waals surface area contributed by atoms with Crippen LogP contribution in [0.4, 0.5) is 4.39 Å². The number of amides is 2. The third kappa shape index (κ3) is 7.68. The van der Waals surface area contributed by atoms with Gasteiger partial charge < -0.3 is 24.8 Å². The van der Waals surface area contributed by atoms with Crippen molar-refractivity contribution < 1.29 is 42.6 Å². The van der Waals surface area contributed by atoms with Crippen molar-refractivity contribution in [3.63, 3.8) is 0 Å². The highest BCUT2D eigenvalue weighted by Crippen LogP contribution is 2.16. The molecule has 0 saturated heterocycles. The number of rotatable bonds is 10. The summed E-state index contributed by atoms with van der Waals surface area (Å²) in [4.78, 5) is 60.6. The Hall–Kier alpha value is -3.50. The van der Waals surface area contributed by atoms with Crippen molar-refractivity contribution in [2.75, 3.05) is 21.3 Å². The zero-order valence-electron chi connectivity index (χ0n) is 17.6. The van der Waals surface area contributed by atoms with Crippen LogP contribution in [0.2, 0.25) is 0 Å². The highest BCUT2D eigenvalue weighted by Gasteiger charge is 2.39. The van der Waals surface area contributed by atoms with Crippen molar-refractivity contribution in [3.05, 3.63) is 35.6 Å². The predicted octanol–water partition coefficient (Wildman–Crippen LogP) is -0.117. The standard InChI is InChI=1S/C20H25FN2O8/c1-11(24)22-15(9-12-7-5-6-8-14(12)21)18(26)23-17(20(28)31-4)13(19(27)30-3)10-16(25)29-2/h5-8,13,15,17H,9-10H2,1-4H3,(H,22,24)(H,23,26)/t13-,15+,17+/m0/s1. The third-order valence-electron chi connectivity index (χ3n) is 4.35. The first kappa shape index (κ1) is 25.5. The molecular formula is C20H25FN2O8. The number of ether oxygens (including phenoxy) is 3. The van der Waals surface area contributed by atoms with E-state index in [4.69, 9.17) is 0 Å². The first-order chi connectivity index (χ1) is 14.6. The molecule has 1 aromatic rings. The van der Waals surface area contributed by atoms with Crippen LogP contribution in [0, 0.1) is 11.7 Å². The predicted molar refractivity (Wildman–Crippen MR) is 104 cm³/mol. The summed E-state index contributed by atoms with van der Waals surface area (Å²) in [5.41, 5.74) is 0.144. The lowest BCUT2D eigenvalue weighted by atomic mass is 9.95. The maximum atomic E-state index is 14.0. The van der Waals surface area contributed by atoms with E-state index in [0.29, 0.717) is 0 Å². The molecule has 3 atom stereocenters. The zero-order chi connectivity index (χ0) is 23.6. The third-order valence-corrected chi connectivity index (χ3v) is 4.35. The van der Waals surface area contributed by atoms with Gasteiger partial charge in [-0.05, 0) is 11.6 Å². The van der Waals surface area contributed by atoms with Gasteiger partial charge in [0, 0.05) is 13.3 Å². The number of halogens is 1. The van der Waals surface area contributed by atoms with Crippen molar-refractivity contribution in [2.45, 2.75) is 31.8 Å². The van der Waals surface area contributed by atoms with Gasteiger partial charge in [-0.1, -0.05) is 18.2 Å². The second-order valence-electron chi connectivity index (χ2n) is 6.47. The lowest BCUT2D eigenvalue weighted by Gasteiger charge is -2.26. The molecule has 10 nitrogen and oxygen atoms in total. The van der Waals surface area contributed by atoms with Crippen molar-refractivity contribution in [1.29, 1.82) is 0 Å². The lowest BCUT2D eigenvalue weighted by Crippen LogP contribution is -2.56. The average Bonchev–Trinajstić information content (AvgIpc) is 2.75. The summed E-state index contributed by atoms with van der Waals surface area (Å²) in [5.74, 6) is -6.35. The first-order valence-corrected chi connectivity index (χ1v) is 9.17. The fourth-order valence-corrected chi connectivity index (χ4v) is 2.79. The number of hydrogen-bond acceptors (Lipinski definition) is 8. The molecule has 1 rings (SSSR count). The molecule has 0 bridgehead atoms. The molecule has 11 heteroatoms. The van der Waals surface area contributed by atoms with E-state index in [0.717, 1.165) is 28.3 Å². The van der Waals surface area contributed by atoms with Crippen LogP contribution < -0.4 is 10.6 Å². The Morgan fingerprint density at radius 1 is 0.935 bits per heavy atom. The fourth-order valence-electron chi connectivity index (χ4n) is 2.79. The van der Waals surface area contributed by atoms with Crippen LogP contribution in [0.5, 0.6) is 0 Å². The van der Waals surface area contributed by atoms with E-state index in [-0.39, 0.29) is 12.0 Å². The largest absolute Gasteiger partial charge is 0.469 e. The Kier molecular flexibility index (Phi) is 10.1. The lowest BCUT2D eigenvalue weighted by molar-refractivity contribution is -0.159. The topological polar surface area (TPSA) is 137 Å². The van der Waals surface area contributed by atoms with Gasteiger partial charge in [0.1, 0.15) is 17.9 Å². The molecule has 1 aromatic carbocycles. The molecule has 31 heavy (non-hydrogen) atoms. The minimum atomic E-state index is -1.62. The number of benzene rings is 1. The zero-order valence-corrected chi connectivity index (χ0v) is 17.6. The summed E-state index contributed by atoms with van der Waals surface area (Å²) in [6.07, 6.45) is -0.812. The van der Waals surface area contributed by atoms with Gasteiger partial charge in [-0.25, -0.2) is 9.18 Å². The summed E-state index contributed by atoms with van der Waals surface area (Å²) in [6.45, 7) is 1.16. The van der Waals surface area contributed by atoms with Gasteiger partial charge in [0.2, 0.25) is 11.8 Å². The number of carbonyl (C=O) groups excluding carboxylic acids is 5. The van der Waals surface area contributed by atoms with E-state index in [1.165, 1.54) is 18.2 Å². The first-order valence-electron chi connectivity index (χ1n) is 9.17. The van der Waals surface area contributed by atoms with E-state index >= 15 is 0 Å². The molecule has 0 unspecified atom stereocenters. The molecule has 2 N–H and O–H groups in total. The maximum absolute atomic E-state index is 14.0. The van der Waals surface area contributed by atoms with E-state index in [9.17, 15) is 28.4 Å². The van der Waals surface area contributed by atoms with Crippen LogP contribution in [0.3, 0.4) is 0 Å². The van der Waals surface area contributed by atoms with Gasteiger partial charge in [0.15, 0.2) is 0 Å². The summed E-state index contributed by atoms with van der Waals surface area (Å²) in [6, 6.07) is 2.75. The number of methoxy groups -OCH3 is 3. The van der Waals surface area contributed by atoms with Crippen molar-refractivity contribution in [2.24, 2.45) is 5.92 Å². The van der Waals surface area contributed by atoms with E-state index in [1.54, 1.807) is 6.07 Å². The average molecular weight is 440 g/mol. The second kappa shape index (κ2) is 12.3. The molecule has 0 fully saturated rings. The minimum Gasteiger partial charge on any atom is -0.469 e. The highest BCUT2D eigenvalue weighted by molar-refractivity contribution is 5.94. The fraction of sp³-hybridized carbons (Fsp3) is 0.450. The molecule has 0 radical (unpaired) electrons. The highest BCUT2D eigenvalue weighted by atomic mass is 19.1. The molecule has 0 heterocycles. The normalized spacial score (nSPS) is 13.2. The summed E-state index contributed by atoms with van der Waals surface area (Å²) >= 11 is 0. The molecule has 2 amide bonds. The van der Waals surface area contributed by atoms with Crippen LogP contribution in [-0.2, 0) is 44.6 Å². The van der Waals surface area contributed by atoms with Crippen molar-refractivity contribution >= 4 is 29.7 Å². The Bertz CT molecular complexity index is 829. The molecule has 0 spiro atoms. The minimum absolute atomic E-state index is 0.144. The van der Waals surface area contributed by atoms with Crippen LogP contribution >= 0.6 is 0 Å². The van der Waals surface area contributed by atoms with Gasteiger partial charge >= 0.3 is 17.9 Å². The van der Waals surface area contributed by atoms with Crippen LogP contribution in [-0.4, -0.2) is 63.1 Å². The molecule has 0 saturated carbocycles. The number of nitrogens with one attached hydrogen (secondary N) is 2. The van der Waals surface area contributed by atoms with Crippen molar-refractivity contribution in [1.82, 2.24) is 10.6 Å². The Labute approximate surface area is 178 Å². The smallest absolute Gasteiger partial charge is 0.329 e. The monoisotopic (exact) mass is 440 g/mol. The molecule has 0 aromatic heterocycles. The number of esters is 3. The van der Waals surface area contributed by atoms with E-state index < -0.39 is 60.0 Å². The molecule has 0 aliphatic heterocycles. The Morgan fingerprint density at radius 3 is 2.06 bits per heavy atom. The Balaban J connectivity index is 3.20. The van der Waals surface area contributed by atoms with Gasteiger partial charge in [-0.15, -0.1) is 0 Å². The van der Waals surface area contributed by atoms with Crippen LogP contribution in [0.25, 0.3) is 0 Å². The maximum Gasteiger partial charge on any atom is 0.329 e. The summed E-state index contributed by atoms with van der Waals surface area (Å²) in [7, 11) is 3.16. The molecular weight excluding hydrogens is 415 g/mol. The summed E-state index contributed by atoms with van der Waals surface area (Å²) < 4.78 is 27.8. The molecule has 0 aliphatic carbocycles. The van der Waals surface area contributed by atoms with Gasteiger partial charge in [-0.3, -0.25) is 19.2 Å². The summed E-state index contributed by atoms with van der Waals surface area (Å²) in [5, 5.41) is 4.67. The van der Waals surface area contributed by atoms with Gasteiger partial charge in [0.05, 0.1) is 33.7 Å². The van der Waals surface area contributed by atoms with Crippen molar-refractivity contribution in [3.8, 4) is 0 Å². The van der Waals surface area contributed by atoms with E-state index in [1.807, 2.05) is 0 Å². The number of carbonyl (C=O) groups is 5. The number of hydrogen-bond donors (Lipinski definition) is 2. The Morgan fingerprint density at radius 2 is 1.55 bits per heavy atom. The van der Waals surface area contributed by atoms with E-state index in [2.05, 4.69) is 24.8 Å². The van der Waals surface area contributed by atoms with Crippen LogP contribution in [0.15, 0.2) is 24.3 Å². The SMILES string of the molecule is COC(=O)C[C@H](C(=O)OC)[C@@H](NC(=O)[C@@H](Cc1ccccc1F)NC(C)=O)C(=O)OC. The molecule has 170 valence electrons. The quantitative estimate of drug-likeness (QED) is 0.380. The van der Waals surface area contributed by atoms with Crippen LogP contribution in [0.1, 0.15) is 18.9 Å².